The molecule has 3 aliphatic heterocycles. The molecule has 2 aromatic carbocycles. The highest BCUT2D eigenvalue weighted by Gasteiger charge is 2.51. The van der Waals surface area contributed by atoms with Gasteiger partial charge in [-0.2, -0.15) is 5.01 Å². The van der Waals surface area contributed by atoms with E-state index < -0.39 is 5.72 Å². The fourth-order valence-corrected chi connectivity index (χ4v) is 4.71. The lowest BCUT2D eigenvalue weighted by Crippen LogP contribution is -2.64. The van der Waals surface area contributed by atoms with Crippen LogP contribution in [0.2, 0.25) is 5.02 Å². The van der Waals surface area contributed by atoms with Gasteiger partial charge >= 0.3 is 0 Å². The van der Waals surface area contributed by atoms with Crippen molar-refractivity contribution in [1.82, 2.24) is 15.3 Å². The second-order valence-electron chi connectivity index (χ2n) is 7.58. The van der Waals surface area contributed by atoms with Crippen LogP contribution in [0.3, 0.4) is 0 Å². The van der Waals surface area contributed by atoms with Gasteiger partial charge in [0.2, 0.25) is 5.91 Å². The van der Waals surface area contributed by atoms with Gasteiger partial charge in [-0.25, -0.2) is 0 Å². The van der Waals surface area contributed by atoms with Crippen LogP contribution in [0.5, 0.6) is 5.75 Å². The largest absolute Gasteiger partial charge is 0.470 e. The number of carbonyl (C=O) groups is 1. The van der Waals surface area contributed by atoms with Gasteiger partial charge in [0.25, 0.3) is 0 Å². The average Bonchev–Trinajstić information content (AvgIpc) is 3.15. The summed E-state index contributed by atoms with van der Waals surface area (Å²) in [4.78, 5) is 13.7. The molecule has 1 atom stereocenters. The van der Waals surface area contributed by atoms with E-state index in [4.69, 9.17) is 16.3 Å². The van der Waals surface area contributed by atoms with E-state index in [1.807, 2.05) is 47.4 Å². The second-order valence-corrected chi connectivity index (χ2v) is 7.99. The molecule has 0 radical (unpaired) electrons. The highest BCUT2D eigenvalue weighted by Crippen LogP contribution is 2.48. The zero-order valence-corrected chi connectivity index (χ0v) is 16.4. The van der Waals surface area contributed by atoms with E-state index in [1.165, 1.54) is 0 Å². The van der Waals surface area contributed by atoms with Crippen LogP contribution in [0.1, 0.15) is 36.9 Å². The Hall–Kier alpha value is -2.50. The number of amides is 1. The van der Waals surface area contributed by atoms with Gasteiger partial charge in [-0.05, 0) is 18.2 Å². The van der Waals surface area contributed by atoms with Gasteiger partial charge in [-0.15, -0.1) is 0 Å². The van der Waals surface area contributed by atoms with Crippen LogP contribution in [0.15, 0.2) is 54.6 Å². The normalized spacial score (nSPS) is 22.7. The molecule has 0 aliphatic carbocycles. The number of halogens is 1. The number of ether oxygens (including phenoxy) is 1. The molecule has 1 saturated heterocycles. The minimum absolute atomic E-state index is 0.0556. The van der Waals surface area contributed by atoms with Crippen LogP contribution >= 0.6 is 11.6 Å². The summed E-state index contributed by atoms with van der Waals surface area (Å²) in [7, 11) is 0. The third kappa shape index (κ3) is 2.69. The van der Waals surface area contributed by atoms with Crippen molar-refractivity contribution in [3.05, 3.63) is 70.8 Å². The quantitative estimate of drug-likeness (QED) is 0.793. The van der Waals surface area contributed by atoms with Crippen molar-refractivity contribution in [2.45, 2.75) is 31.5 Å². The Labute approximate surface area is 169 Å². The molecular weight excluding hydrogens is 374 g/mol. The first-order valence-corrected chi connectivity index (χ1v) is 10.0. The van der Waals surface area contributed by atoms with Crippen molar-refractivity contribution in [3.8, 4) is 5.75 Å². The molecular formula is C22H22ClN3O2. The molecule has 2 aromatic rings. The Morgan fingerprint density at radius 1 is 1.14 bits per heavy atom. The maximum Gasteiger partial charge on any atom is 0.219 e. The molecule has 1 N–H and O–H groups in total. The standard InChI is InChI=1S/C22H22ClN3O2/c1-15(27)25-12-10-22(11-13-25)26-20(17-7-3-5-9-21(17)28-22)14-19(24-26)16-6-2-4-8-18(16)23/h2-9,14,20,24H,10-13H2,1H3/t20-/m1/s1. The fourth-order valence-electron chi connectivity index (χ4n) is 4.47. The highest BCUT2D eigenvalue weighted by molar-refractivity contribution is 6.32. The van der Waals surface area contributed by atoms with Crippen molar-refractivity contribution in [2.24, 2.45) is 0 Å². The zero-order chi connectivity index (χ0) is 19.3. The predicted molar refractivity (Wildman–Crippen MR) is 108 cm³/mol. The Balaban J connectivity index is 1.54. The molecule has 5 nitrogen and oxygen atoms in total. The molecule has 1 spiro atoms. The van der Waals surface area contributed by atoms with Crippen molar-refractivity contribution in [3.63, 3.8) is 0 Å². The summed E-state index contributed by atoms with van der Waals surface area (Å²) in [6, 6.07) is 16.1. The number of para-hydroxylation sites is 1. The summed E-state index contributed by atoms with van der Waals surface area (Å²) in [5.74, 6) is 1.03. The average molecular weight is 396 g/mol. The van der Waals surface area contributed by atoms with E-state index >= 15 is 0 Å². The number of hydrogen-bond donors (Lipinski definition) is 1. The topological polar surface area (TPSA) is 44.8 Å². The third-order valence-electron chi connectivity index (χ3n) is 5.97. The number of likely N-dealkylation sites (tertiary alicyclic amines) is 1. The van der Waals surface area contributed by atoms with Crippen LogP contribution in [-0.2, 0) is 4.79 Å². The Morgan fingerprint density at radius 2 is 1.86 bits per heavy atom. The summed E-state index contributed by atoms with van der Waals surface area (Å²) < 4.78 is 6.58. The van der Waals surface area contributed by atoms with Crippen LogP contribution in [-0.4, -0.2) is 34.6 Å². The van der Waals surface area contributed by atoms with E-state index in [0.29, 0.717) is 13.1 Å². The lowest BCUT2D eigenvalue weighted by molar-refractivity contribution is -0.165. The number of piperidine rings is 1. The van der Waals surface area contributed by atoms with Crippen molar-refractivity contribution in [1.29, 1.82) is 0 Å². The molecule has 0 saturated carbocycles. The highest BCUT2D eigenvalue weighted by atomic mass is 35.5. The van der Waals surface area contributed by atoms with Gasteiger partial charge < -0.3 is 15.1 Å². The van der Waals surface area contributed by atoms with Crippen LogP contribution in [0.25, 0.3) is 5.70 Å². The van der Waals surface area contributed by atoms with E-state index in [-0.39, 0.29) is 11.9 Å². The second kappa shape index (κ2) is 6.54. The molecule has 0 aromatic heterocycles. The molecule has 1 amide bonds. The number of nitrogens with zero attached hydrogens (tertiary/aromatic N) is 2. The number of hydrazine groups is 1. The van der Waals surface area contributed by atoms with Crippen molar-refractivity contribution >= 4 is 23.2 Å². The van der Waals surface area contributed by atoms with Gasteiger partial charge in [0, 0.05) is 49.0 Å². The third-order valence-corrected chi connectivity index (χ3v) is 6.30. The van der Waals surface area contributed by atoms with Crippen LogP contribution in [0.4, 0.5) is 0 Å². The van der Waals surface area contributed by atoms with Crippen LogP contribution < -0.4 is 10.2 Å². The predicted octanol–water partition coefficient (Wildman–Crippen LogP) is 3.97. The van der Waals surface area contributed by atoms with E-state index in [1.54, 1.807) is 6.92 Å². The van der Waals surface area contributed by atoms with Gasteiger partial charge in [-0.3, -0.25) is 4.79 Å². The maximum atomic E-state index is 11.8. The maximum absolute atomic E-state index is 11.8. The minimum Gasteiger partial charge on any atom is -0.470 e. The Kier molecular flexibility index (Phi) is 4.11. The number of carbonyl (C=O) groups excluding carboxylic acids is 1. The summed E-state index contributed by atoms with van der Waals surface area (Å²) in [5, 5.41) is 2.93. The monoisotopic (exact) mass is 395 g/mol. The lowest BCUT2D eigenvalue weighted by Gasteiger charge is -2.51. The van der Waals surface area contributed by atoms with E-state index in [0.717, 1.165) is 40.4 Å². The first kappa shape index (κ1) is 17.6. The number of rotatable bonds is 1. The summed E-state index contributed by atoms with van der Waals surface area (Å²) in [5.41, 5.74) is 6.19. The molecule has 5 rings (SSSR count). The van der Waals surface area contributed by atoms with E-state index in [9.17, 15) is 4.79 Å². The summed E-state index contributed by atoms with van der Waals surface area (Å²) >= 11 is 6.46. The van der Waals surface area contributed by atoms with E-state index in [2.05, 4.69) is 22.6 Å². The Bertz CT molecular complexity index is 966. The number of hydrogen-bond acceptors (Lipinski definition) is 4. The molecule has 28 heavy (non-hydrogen) atoms. The number of benzene rings is 2. The van der Waals surface area contributed by atoms with Gasteiger partial charge in [0.15, 0.2) is 5.72 Å². The van der Waals surface area contributed by atoms with Crippen molar-refractivity contribution < 1.29 is 9.53 Å². The zero-order valence-electron chi connectivity index (χ0n) is 15.7. The minimum atomic E-state index is -0.496. The molecule has 144 valence electrons. The molecule has 1 fully saturated rings. The molecule has 3 heterocycles. The smallest absolute Gasteiger partial charge is 0.219 e. The van der Waals surface area contributed by atoms with Crippen molar-refractivity contribution in [2.75, 3.05) is 13.1 Å². The lowest BCUT2D eigenvalue weighted by atomic mass is 9.93. The van der Waals surface area contributed by atoms with Gasteiger partial charge in [0.1, 0.15) is 5.75 Å². The van der Waals surface area contributed by atoms with Gasteiger partial charge in [-0.1, -0.05) is 48.0 Å². The summed E-state index contributed by atoms with van der Waals surface area (Å²) in [6.45, 7) is 3.00. The Morgan fingerprint density at radius 3 is 2.61 bits per heavy atom. The molecule has 0 unspecified atom stereocenters. The fraction of sp³-hybridized carbons (Fsp3) is 0.318. The number of fused-ring (bicyclic) bond motifs is 4. The first-order chi connectivity index (χ1) is 13.6. The summed E-state index contributed by atoms with van der Waals surface area (Å²) in [6.07, 6.45) is 3.71. The number of nitrogens with one attached hydrogen (secondary N) is 1. The molecule has 6 heteroatoms. The van der Waals surface area contributed by atoms with Gasteiger partial charge in [0.05, 0.1) is 11.7 Å². The molecule has 3 aliphatic rings. The first-order valence-electron chi connectivity index (χ1n) is 9.64. The molecule has 0 bridgehead atoms. The SMILES string of the molecule is CC(=O)N1CCC2(CC1)Oc1ccccc1[C@H]1C=C(c3ccccc3Cl)NN12. The van der Waals surface area contributed by atoms with Crippen LogP contribution in [0, 0.1) is 0 Å².